The van der Waals surface area contributed by atoms with Gasteiger partial charge in [0.2, 0.25) is 5.91 Å². The predicted molar refractivity (Wildman–Crippen MR) is 176 cm³/mol. The maximum absolute atomic E-state index is 15.7. The van der Waals surface area contributed by atoms with Gasteiger partial charge >= 0.3 is 18.1 Å². The topological polar surface area (TPSA) is 167 Å². The van der Waals surface area contributed by atoms with Gasteiger partial charge in [0.05, 0.1) is 29.2 Å². The fourth-order valence-electron chi connectivity index (χ4n) is 5.09. The summed E-state index contributed by atoms with van der Waals surface area (Å²) >= 11 is 0. The SMILES string of the molecule is CCOc1cc([C@@H](Nc2ccc3c(N)nccc3c2)C(=O)N[C@H](CC(=O)OC(=O)C(F)(F)F)c2ccccc2S(=O)(=O)C(C)C)c(F)cc1C. The fraction of sp³-hybridized carbons (Fsp3) is 0.294. The Morgan fingerprint density at radius 2 is 1.70 bits per heavy atom. The van der Waals surface area contributed by atoms with E-state index in [1.807, 2.05) is 0 Å². The Labute approximate surface area is 285 Å². The number of halogens is 4. The number of carbonyl (C=O) groups excluding carboxylic acids is 3. The molecule has 16 heteroatoms. The molecule has 2 atom stereocenters. The molecule has 1 heterocycles. The molecule has 0 unspecified atom stereocenters. The molecule has 0 aliphatic rings. The number of pyridine rings is 1. The molecule has 0 aliphatic heterocycles. The number of esters is 2. The number of fused-ring (bicyclic) bond motifs is 1. The van der Waals surface area contributed by atoms with Gasteiger partial charge in [-0.15, -0.1) is 0 Å². The van der Waals surface area contributed by atoms with Crippen LogP contribution in [0.5, 0.6) is 5.75 Å². The number of amides is 1. The quantitative estimate of drug-likeness (QED) is 0.0915. The normalized spacial score (nSPS) is 13.1. The van der Waals surface area contributed by atoms with Crippen LogP contribution in [0.2, 0.25) is 0 Å². The van der Waals surface area contributed by atoms with Crippen molar-refractivity contribution in [1.82, 2.24) is 10.3 Å². The highest BCUT2D eigenvalue weighted by Crippen LogP contribution is 2.33. The molecule has 0 fully saturated rings. The van der Waals surface area contributed by atoms with Crippen molar-refractivity contribution in [2.24, 2.45) is 0 Å². The number of rotatable bonds is 12. The molecule has 0 saturated heterocycles. The van der Waals surface area contributed by atoms with E-state index in [2.05, 4.69) is 20.4 Å². The first-order chi connectivity index (χ1) is 23.4. The van der Waals surface area contributed by atoms with Crippen molar-refractivity contribution < 1.29 is 49.8 Å². The van der Waals surface area contributed by atoms with Gasteiger partial charge in [-0.1, -0.05) is 18.2 Å². The number of benzene rings is 3. The van der Waals surface area contributed by atoms with Crippen LogP contribution in [-0.2, 0) is 29.0 Å². The molecule has 3 aromatic carbocycles. The minimum Gasteiger partial charge on any atom is -0.494 e. The maximum atomic E-state index is 15.7. The van der Waals surface area contributed by atoms with E-state index in [1.165, 1.54) is 50.4 Å². The Hall–Kier alpha value is -5.25. The van der Waals surface area contributed by atoms with Crippen molar-refractivity contribution in [3.8, 4) is 5.75 Å². The second-order valence-electron chi connectivity index (χ2n) is 11.4. The molecular weight excluding hydrogens is 684 g/mol. The summed E-state index contributed by atoms with van der Waals surface area (Å²) in [6.45, 7) is 6.28. The number of alkyl halides is 3. The highest BCUT2D eigenvalue weighted by molar-refractivity contribution is 7.92. The molecular formula is C34H34F4N4O7S. The number of nitrogens with two attached hydrogens (primary N) is 1. The third-order valence-corrected chi connectivity index (χ3v) is 9.85. The second kappa shape index (κ2) is 15.1. The lowest BCUT2D eigenvalue weighted by Gasteiger charge is -2.26. The van der Waals surface area contributed by atoms with Gasteiger partial charge in [0, 0.05) is 22.8 Å². The molecule has 1 amide bonds. The minimum absolute atomic E-state index is 0.183. The van der Waals surface area contributed by atoms with Crippen LogP contribution in [0.15, 0.2) is 71.8 Å². The van der Waals surface area contributed by atoms with Crippen LogP contribution < -0.4 is 21.1 Å². The zero-order chi connectivity index (χ0) is 37.0. The third kappa shape index (κ3) is 8.48. The largest absolute Gasteiger partial charge is 0.494 e. The van der Waals surface area contributed by atoms with Crippen LogP contribution in [0, 0.1) is 12.7 Å². The summed E-state index contributed by atoms with van der Waals surface area (Å²) in [7, 11) is -4.10. The monoisotopic (exact) mass is 718 g/mol. The Morgan fingerprint density at radius 1 is 1.00 bits per heavy atom. The van der Waals surface area contributed by atoms with Crippen molar-refractivity contribution in [3.63, 3.8) is 0 Å². The molecule has 0 radical (unpaired) electrons. The van der Waals surface area contributed by atoms with E-state index >= 15 is 4.39 Å². The van der Waals surface area contributed by atoms with E-state index in [0.717, 1.165) is 6.07 Å². The first kappa shape index (κ1) is 37.6. The predicted octanol–water partition coefficient (Wildman–Crippen LogP) is 5.88. The van der Waals surface area contributed by atoms with Crippen molar-refractivity contribution in [2.45, 2.75) is 62.5 Å². The Balaban J connectivity index is 1.84. The Bertz CT molecular complexity index is 2040. The zero-order valence-electron chi connectivity index (χ0n) is 27.3. The average molecular weight is 719 g/mol. The number of ether oxygens (including phenoxy) is 2. The number of nitrogen functional groups attached to an aromatic ring is 1. The lowest BCUT2D eigenvalue weighted by molar-refractivity contribution is -0.202. The van der Waals surface area contributed by atoms with E-state index in [1.54, 1.807) is 38.1 Å². The van der Waals surface area contributed by atoms with Crippen LogP contribution in [0.25, 0.3) is 10.8 Å². The summed E-state index contributed by atoms with van der Waals surface area (Å²) in [5, 5.41) is 5.67. The molecule has 0 aliphatic carbocycles. The van der Waals surface area contributed by atoms with Gasteiger partial charge in [-0.2, -0.15) is 13.2 Å². The van der Waals surface area contributed by atoms with Crippen molar-refractivity contribution in [1.29, 1.82) is 0 Å². The molecule has 4 aromatic rings. The summed E-state index contributed by atoms with van der Waals surface area (Å²) in [6, 6.07) is 10.8. The highest BCUT2D eigenvalue weighted by Gasteiger charge is 2.43. The number of aromatic nitrogens is 1. The summed E-state index contributed by atoms with van der Waals surface area (Å²) in [5.74, 6) is -5.88. The molecule has 266 valence electrons. The van der Waals surface area contributed by atoms with Gasteiger partial charge in [0.1, 0.15) is 23.4 Å². The number of anilines is 2. The van der Waals surface area contributed by atoms with Gasteiger partial charge in [-0.25, -0.2) is 22.6 Å². The number of sulfone groups is 1. The van der Waals surface area contributed by atoms with Crippen molar-refractivity contribution >= 4 is 50.0 Å². The van der Waals surface area contributed by atoms with E-state index in [0.29, 0.717) is 22.0 Å². The lowest BCUT2D eigenvalue weighted by atomic mass is 9.99. The summed E-state index contributed by atoms with van der Waals surface area (Å²) < 4.78 is 90.7. The summed E-state index contributed by atoms with van der Waals surface area (Å²) in [6.07, 6.45) is -5.15. The smallest absolute Gasteiger partial charge is 0.491 e. The standard InChI is InChI=1S/C34H34F4N4O7S/c1-5-48-27-16-24(25(35)14-19(27)4)30(41-21-10-11-22-20(15-21)12-13-40-31(22)39)32(44)42-26(17-29(43)49-33(45)34(36,37)38)23-8-6-7-9-28(23)50(46,47)18(2)3/h6-16,18,26,30,41H,5,17H2,1-4H3,(H2,39,40)(H,42,44)/t26-,30-/m1/s1. The van der Waals surface area contributed by atoms with Gasteiger partial charge in [0.25, 0.3) is 0 Å². The molecule has 0 bridgehead atoms. The molecule has 0 saturated carbocycles. The molecule has 4 rings (SSSR count). The minimum atomic E-state index is -5.51. The van der Waals surface area contributed by atoms with Crippen LogP contribution in [0.4, 0.5) is 29.1 Å². The van der Waals surface area contributed by atoms with Gasteiger partial charge in [0.15, 0.2) is 9.84 Å². The Kier molecular flexibility index (Phi) is 11.4. The van der Waals surface area contributed by atoms with E-state index in [4.69, 9.17) is 10.5 Å². The number of nitrogens with one attached hydrogen (secondary N) is 2. The third-order valence-electron chi connectivity index (χ3n) is 7.62. The van der Waals surface area contributed by atoms with Crippen molar-refractivity contribution in [3.05, 3.63) is 89.4 Å². The molecule has 11 nitrogen and oxygen atoms in total. The van der Waals surface area contributed by atoms with Gasteiger partial charge in [-0.3, -0.25) is 9.59 Å². The first-order valence-corrected chi connectivity index (χ1v) is 16.8. The van der Waals surface area contributed by atoms with E-state index < -0.39 is 63.4 Å². The molecule has 1 aromatic heterocycles. The molecule has 50 heavy (non-hydrogen) atoms. The fourth-order valence-corrected chi connectivity index (χ4v) is 6.40. The zero-order valence-corrected chi connectivity index (χ0v) is 28.1. The first-order valence-electron chi connectivity index (χ1n) is 15.2. The number of aryl methyl sites for hydroxylation is 1. The number of hydrogen-bond donors (Lipinski definition) is 3. The molecule has 4 N–H and O–H groups in total. The van der Waals surface area contributed by atoms with E-state index in [-0.39, 0.29) is 34.2 Å². The highest BCUT2D eigenvalue weighted by atomic mass is 32.2. The lowest BCUT2D eigenvalue weighted by Crippen LogP contribution is -2.39. The van der Waals surface area contributed by atoms with Crippen LogP contribution >= 0.6 is 0 Å². The van der Waals surface area contributed by atoms with Crippen LogP contribution in [0.1, 0.15) is 56.0 Å². The average Bonchev–Trinajstić information content (AvgIpc) is 3.04. The number of carbonyl (C=O) groups is 3. The Morgan fingerprint density at radius 3 is 2.36 bits per heavy atom. The summed E-state index contributed by atoms with van der Waals surface area (Å²) in [4.78, 5) is 42.1. The molecule has 0 spiro atoms. The maximum Gasteiger partial charge on any atom is 0.491 e. The van der Waals surface area contributed by atoms with Gasteiger partial charge < -0.3 is 25.8 Å². The van der Waals surface area contributed by atoms with Crippen LogP contribution in [-0.4, -0.2) is 49.3 Å². The number of nitrogens with zero attached hydrogens (tertiary/aromatic N) is 1. The van der Waals surface area contributed by atoms with Gasteiger partial charge in [-0.05, 0) is 86.7 Å². The van der Waals surface area contributed by atoms with E-state index in [9.17, 15) is 36.0 Å². The second-order valence-corrected chi connectivity index (χ2v) is 13.9. The number of hydrogen-bond acceptors (Lipinski definition) is 10. The van der Waals surface area contributed by atoms with Crippen LogP contribution in [0.3, 0.4) is 0 Å². The summed E-state index contributed by atoms with van der Waals surface area (Å²) in [5.41, 5.74) is 6.29. The van der Waals surface area contributed by atoms with Crippen molar-refractivity contribution in [2.75, 3.05) is 17.7 Å².